The van der Waals surface area contributed by atoms with E-state index in [0.29, 0.717) is 6.42 Å². The van der Waals surface area contributed by atoms with Gasteiger partial charge in [-0.3, -0.25) is 4.98 Å². The zero-order valence-corrected chi connectivity index (χ0v) is 8.88. The van der Waals surface area contributed by atoms with Gasteiger partial charge in [0, 0.05) is 12.6 Å². The topological polar surface area (TPSA) is 51.3 Å². The van der Waals surface area contributed by atoms with Crippen LogP contribution in [0.4, 0.5) is 0 Å². The van der Waals surface area contributed by atoms with Crippen LogP contribution in [-0.4, -0.2) is 10.7 Å². The molecule has 1 heterocycles. The van der Waals surface area contributed by atoms with E-state index in [4.69, 9.17) is 5.84 Å². The van der Waals surface area contributed by atoms with Gasteiger partial charge in [-0.25, -0.2) is 0 Å². The number of hydrazone groups is 1. The molecule has 1 aromatic carbocycles. The summed E-state index contributed by atoms with van der Waals surface area (Å²) in [6.07, 6.45) is 2.44. The van der Waals surface area contributed by atoms with Gasteiger partial charge in [0.05, 0.1) is 11.4 Å². The van der Waals surface area contributed by atoms with Crippen LogP contribution in [0.5, 0.6) is 0 Å². The second-order valence-corrected chi connectivity index (χ2v) is 3.45. The van der Waals surface area contributed by atoms with Gasteiger partial charge in [0.2, 0.25) is 0 Å². The van der Waals surface area contributed by atoms with Crippen molar-refractivity contribution in [3.63, 3.8) is 0 Å². The minimum absolute atomic E-state index is 0.703. The first-order valence-electron chi connectivity index (χ1n) is 5.12. The summed E-state index contributed by atoms with van der Waals surface area (Å²) in [4.78, 5) is 4.24. The van der Waals surface area contributed by atoms with Gasteiger partial charge >= 0.3 is 0 Å². The number of hydrogen-bond donors (Lipinski definition) is 1. The van der Waals surface area contributed by atoms with Crippen molar-refractivity contribution in [3.8, 4) is 0 Å². The molecular formula is C13H13N3. The molecule has 0 aliphatic carbocycles. The molecule has 0 saturated carbocycles. The molecule has 0 spiro atoms. The average molecular weight is 211 g/mol. The van der Waals surface area contributed by atoms with Gasteiger partial charge in [-0.15, -0.1) is 0 Å². The van der Waals surface area contributed by atoms with Crippen molar-refractivity contribution in [2.45, 2.75) is 6.42 Å². The molecule has 0 atom stereocenters. The van der Waals surface area contributed by atoms with Crippen molar-refractivity contribution in [2.24, 2.45) is 10.9 Å². The zero-order valence-electron chi connectivity index (χ0n) is 8.88. The highest BCUT2D eigenvalue weighted by Gasteiger charge is 2.05. The number of aromatic nitrogens is 1. The second kappa shape index (κ2) is 5.07. The molecule has 0 fully saturated rings. The fraction of sp³-hybridized carbons (Fsp3) is 0.0769. The molecule has 0 bridgehead atoms. The standard InChI is InChI=1S/C13H13N3/c14-16-13(12-8-4-5-9-15-12)10-11-6-2-1-3-7-11/h1-9H,10,14H2/b16-13-. The number of benzene rings is 1. The Morgan fingerprint density at radius 1 is 1.06 bits per heavy atom. The van der Waals surface area contributed by atoms with E-state index in [-0.39, 0.29) is 0 Å². The van der Waals surface area contributed by atoms with Gasteiger partial charge in [0.1, 0.15) is 0 Å². The average Bonchev–Trinajstić information content (AvgIpc) is 2.38. The Balaban J connectivity index is 2.20. The van der Waals surface area contributed by atoms with E-state index >= 15 is 0 Å². The Morgan fingerprint density at radius 2 is 1.81 bits per heavy atom. The Morgan fingerprint density at radius 3 is 2.44 bits per heavy atom. The lowest BCUT2D eigenvalue weighted by molar-refractivity contribution is 1.16. The predicted molar refractivity (Wildman–Crippen MR) is 65.1 cm³/mol. The highest BCUT2D eigenvalue weighted by atomic mass is 15.1. The van der Waals surface area contributed by atoms with E-state index in [9.17, 15) is 0 Å². The maximum absolute atomic E-state index is 5.40. The molecule has 3 nitrogen and oxygen atoms in total. The normalized spacial score (nSPS) is 11.4. The van der Waals surface area contributed by atoms with Crippen LogP contribution in [0.1, 0.15) is 11.3 Å². The second-order valence-electron chi connectivity index (χ2n) is 3.45. The third-order valence-electron chi connectivity index (χ3n) is 2.33. The van der Waals surface area contributed by atoms with Crippen molar-refractivity contribution in [2.75, 3.05) is 0 Å². The van der Waals surface area contributed by atoms with E-state index in [1.165, 1.54) is 5.56 Å². The first-order chi connectivity index (χ1) is 7.90. The highest BCUT2D eigenvalue weighted by Crippen LogP contribution is 2.05. The number of nitrogens with zero attached hydrogens (tertiary/aromatic N) is 2. The van der Waals surface area contributed by atoms with Gasteiger partial charge in [0.15, 0.2) is 0 Å². The molecule has 0 unspecified atom stereocenters. The summed E-state index contributed by atoms with van der Waals surface area (Å²) >= 11 is 0. The maximum atomic E-state index is 5.40. The van der Waals surface area contributed by atoms with Gasteiger partial charge in [-0.1, -0.05) is 36.4 Å². The van der Waals surface area contributed by atoms with Crippen LogP contribution in [0.3, 0.4) is 0 Å². The lowest BCUT2D eigenvalue weighted by atomic mass is 10.1. The van der Waals surface area contributed by atoms with E-state index in [1.807, 2.05) is 48.5 Å². The van der Waals surface area contributed by atoms with Crippen molar-refractivity contribution in [1.29, 1.82) is 0 Å². The summed E-state index contributed by atoms with van der Waals surface area (Å²) in [5, 5.41) is 3.81. The Hall–Kier alpha value is -2.16. The molecule has 80 valence electrons. The third kappa shape index (κ3) is 2.45. The largest absolute Gasteiger partial charge is 0.323 e. The molecule has 2 rings (SSSR count). The summed E-state index contributed by atoms with van der Waals surface area (Å²) in [5.41, 5.74) is 2.80. The summed E-state index contributed by atoms with van der Waals surface area (Å²) < 4.78 is 0. The van der Waals surface area contributed by atoms with Crippen molar-refractivity contribution in [3.05, 3.63) is 66.0 Å². The van der Waals surface area contributed by atoms with E-state index in [2.05, 4.69) is 10.1 Å². The van der Waals surface area contributed by atoms with Gasteiger partial charge < -0.3 is 5.84 Å². The molecule has 1 aromatic heterocycles. The van der Waals surface area contributed by atoms with E-state index < -0.39 is 0 Å². The zero-order chi connectivity index (χ0) is 11.2. The monoisotopic (exact) mass is 211 g/mol. The highest BCUT2D eigenvalue weighted by molar-refractivity contribution is 6.00. The number of pyridine rings is 1. The summed E-state index contributed by atoms with van der Waals surface area (Å²) in [7, 11) is 0. The first kappa shape index (κ1) is 10.4. The minimum Gasteiger partial charge on any atom is -0.323 e. The van der Waals surface area contributed by atoms with Gasteiger partial charge in [-0.2, -0.15) is 5.10 Å². The van der Waals surface area contributed by atoms with Crippen LogP contribution in [0, 0.1) is 0 Å². The smallest absolute Gasteiger partial charge is 0.0900 e. The molecule has 16 heavy (non-hydrogen) atoms. The fourth-order valence-corrected chi connectivity index (χ4v) is 1.53. The molecule has 3 heteroatoms. The number of hydrogen-bond acceptors (Lipinski definition) is 3. The lowest BCUT2D eigenvalue weighted by Crippen LogP contribution is -2.09. The molecular weight excluding hydrogens is 198 g/mol. The van der Waals surface area contributed by atoms with Crippen molar-refractivity contribution < 1.29 is 0 Å². The molecule has 0 aliphatic heterocycles. The third-order valence-corrected chi connectivity index (χ3v) is 2.33. The maximum Gasteiger partial charge on any atom is 0.0900 e. The van der Waals surface area contributed by atoms with Gasteiger partial charge in [0.25, 0.3) is 0 Å². The fourth-order valence-electron chi connectivity index (χ4n) is 1.53. The SMILES string of the molecule is N/N=C(/Cc1ccccc1)c1ccccn1. The molecule has 0 saturated heterocycles. The number of nitrogens with two attached hydrogens (primary N) is 1. The van der Waals surface area contributed by atoms with Crippen LogP contribution in [0.15, 0.2) is 59.8 Å². The van der Waals surface area contributed by atoms with Crippen molar-refractivity contribution in [1.82, 2.24) is 4.98 Å². The minimum atomic E-state index is 0.703. The van der Waals surface area contributed by atoms with Crippen LogP contribution in [-0.2, 0) is 6.42 Å². The Labute approximate surface area is 94.6 Å². The van der Waals surface area contributed by atoms with Crippen LogP contribution in [0.25, 0.3) is 0 Å². The summed E-state index contributed by atoms with van der Waals surface area (Å²) in [6.45, 7) is 0. The molecule has 2 aromatic rings. The first-order valence-corrected chi connectivity index (χ1v) is 5.12. The quantitative estimate of drug-likeness (QED) is 0.479. The molecule has 2 N–H and O–H groups in total. The lowest BCUT2D eigenvalue weighted by Gasteiger charge is -2.04. The number of rotatable bonds is 3. The molecule has 0 radical (unpaired) electrons. The predicted octanol–water partition coefficient (Wildman–Crippen LogP) is 1.99. The summed E-state index contributed by atoms with van der Waals surface area (Å²) in [5.74, 6) is 5.40. The Kier molecular flexibility index (Phi) is 3.28. The van der Waals surface area contributed by atoms with Crippen LogP contribution in [0.2, 0.25) is 0 Å². The molecule has 0 aliphatic rings. The van der Waals surface area contributed by atoms with Gasteiger partial charge in [-0.05, 0) is 17.7 Å². The summed E-state index contributed by atoms with van der Waals surface area (Å²) in [6, 6.07) is 15.8. The molecule has 0 amide bonds. The van der Waals surface area contributed by atoms with E-state index in [0.717, 1.165) is 11.4 Å². The van der Waals surface area contributed by atoms with Crippen LogP contribution < -0.4 is 5.84 Å². The van der Waals surface area contributed by atoms with E-state index in [1.54, 1.807) is 6.20 Å². The van der Waals surface area contributed by atoms with Crippen LogP contribution >= 0.6 is 0 Å². The van der Waals surface area contributed by atoms with Crippen molar-refractivity contribution >= 4 is 5.71 Å². The Bertz CT molecular complexity index is 463.